The summed E-state index contributed by atoms with van der Waals surface area (Å²) in [5, 5.41) is 4.37. The average Bonchev–Trinajstić information content (AvgIpc) is 3.30. The Kier molecular flexibility index (Phi) is 4.72. The summed E-state index contributed by atoms with van der Waals surface area (Å²) in [5.74, 6) is 0.912. The van der Waals surface area contributed by atoms with Gasteiger partial charge in [0.25, 0.3) is 0 Å². The third-order valence-electron chi connectivity index (χ3n) is 4.71. The van der Waals surface area contributed by atoms with Crippen LogP contribution in [0.25, 0.3) is 0 Å². The summed E-state index contributed by atoms with van der Waals surface area (Å²) in [5.41, 5.74) is 2.49. The number of piperazine rings is 1. The topological polar surface area (TPSA) is 18.5 Å². The highest BCUT2D eigenvalue weighted by Gasteiger charge is 2.31. The zero-order chi connectivity index (χ0) is 14.8. The van der Waals surface area contributed by atoms with Crippen LogP contribution in [0.4, 0.5) is 5.69 Å². The summed E-state index contributed by atoms with van der Waals surface area (Å²) in [6.45, 7) is 4.44. The van der Waals surface area contributed by atoms with E-state index in [9.17, 15) is 0 Å². The molecule has 4 heteroatoms. The second-order valence-electron chi connectivity index (χ2n) is 6.58. The lowest BCUT2D eigenvalue weighted by molar-refractivity contribution is 0.160. The number of hydrogen-bond acceptors (Lipinski definition) is 3. The highest BCUT2D eigenvalue weighted by atomic mass is 35.5. The van der Waals surface area contributed by atoms with Crippen molar-refractivity contribution >= 4 is 17.3 Å². The van der Waals surface area contributed by atoms with Gasteiger partial charge in [-0.2, -0.15) is 0 Å². The lowest BCUT2D eigenvalue weighted by Crippen LogP contribution is -2.45. The standard InChI is InChI=1S/C17H26ClN3/c1-20(2)14-5-6-15(16(18)12-14)17(11-13-3-4-13)21-9-7-19-8-10-21/h5-6,12-13,17,19H,3-4,7-11H2,1-2H3/t17-/m0/s1. The minimum Gasteiger partial charge on any atom is -0.378 e. The summed E-state index contributed by atoms with van der Waals surface area (Å²) in [6, 6.07) is 7.04. The van der Waals surface area contributed by atoms with Crippen LogP contribution >= 0.6 is 11.6 Å². The van der Waals surface area contributed by atoms with Crippen LogP contribution in [-0.4, -0.2) is 45.2 Å². The Morgan fingerprint density at radius 3 is 2.57 bits per heavy atom. The number of nitrogens with zero attached hydrogens (tertiary/aromatic N) is 2. The zero-order valence-corrected chi connectivity index (χ0v) is 13.9. The van der Waals surface area contributed by atoms with E-state index in [1.165, 1.54) is 30.5 Å². The van der Waals surface area contributed by atoms with Gasteiger partial charge in [-0.3, -0.25) is 4.90 Å². The first-order valence-corrected chi connectivity index (χ1v) is 8.44. The van der Waals surface area contributed by atoms with Crippen molar-refractivity contribution in [3.05, 3.63) is 28.8 Å². The van der Waals surface area contributed by atoms with Crippen LogP contribution in [0.5, 0.6) is 0 Å². The van der Waals surface area contributed by atoms with Crippen LogP contribution in [0, 0.1) is 5.92 Å². The Balaban J connectivity index is 1.84. The van der Waals surface area contributed by atoms with Crippen molar-refractivity contribution in [1.82, 2.24) is 10.2 Å². The molecule has 1 aliphatic carbocycles. The Labute approximate surface area is 133 Å². The van der Waals surface area contributed by atoms with Crippen molar-refractivity contribution in [2.24, 2.45) is 5.92 Å². The Morgan fingerprint density at radius 2 is 2.00 bits per heavy atom. The van der Waals surface area contributed by atoms with Crippen LogP contribution < -0.4 is 10.2 Å². The molecular formula is C17H26ClN3. The SMILES string of the molecule is CN(C)c1ccc([C@H](CC2CC2)N2CCNCC2)c(Cl)c1. The zero-order valence-electron chi connectivity index (χ0n) is 13.1. The molecule has 1 aromatic rings. The molecule has 0 spiro atoms. The number of rotatable bonds is 5. The summed E-state index contributed by atoms with van der Waals surface area (Å²) in [4.78, 5) is 4.72. The molecule has 3 nitrogen and oxygen atoms in total. The third-order valence-corrected chi connectivity index (χ3v) is 5.03. The molecule has 2 fully saturated rings. The van der Waals surface area contributed by atoms with Crippen LogP contribution in [0.15, 0.2) is 18.2 Å². The van der Waals surface area contributed by atoms with Gasteiger partial charge in [-0.25, -0.2) is 0 Å². The third kappa shape index (κ3) is 3.71. The van der Waals surface area contributed by atoms with E-state index < -0.39 is 0 Å². The van der Waals surface area contributed by atoms with Gasteiger partial charge in [-0.1, -0.05) is 30.5 Å². The fraction of sp³-hybridized carbons (Fsp3) is 0.647. The van der Waals surface area contributed by atoms with Crippen molar-refractivity contribution < 1.29 is 0 Å². The van der Waals surface area contributed by atoms with E-state index in [2.05, 4.69) is 47.4 Å². The highest BCUT2D eigenvalue weighted by molar-refractivity contribution is 6.31. The number of anilines is 1. The number of benzene rings is 1. The maximum atomic E-state index is 6.62. The van der Waals surface area contributed by atoms with Crippen molar-refractivity contribution in [2.45, 2.75) is 25.3 Å². The molecule has 1 N–H and O–H groups in total. The molecule has 0 aromatic heterocycles. The molecule has 1 atom stereocenters. The van der Waals surface area contributed by atoms with E-state index in [0.29, 0.717) is 6.04 Å². The molecule has 0 unspecified atom stereocenters. The van der Waals surface area contributed by atoms with Gasteiger partial charge in [0, 0.05) is 57.0 Å². The van der Waals surface area contributed by atoms with Gasteiger partial charge < -0.3 is 10.2 Å². The van der Waals surface area contributed by atoms with E-state index >= 15 is 0 Å². The van der Waals surface area contributed by atoms with E-state index in [-0.39, 0.29) is 0 Å². The number of hydrogen-bond donors (Lipinski definition) is 1. The summed E-state index contributed by atoms with van der Waals surface area (Å²) in [7, 11) is 4.12. The van der Waals surface area contributed by atoms with E-state index in [0.717, 1.165) is 37.1 Å². The first-order chi connectivity index (χ1) is 10.1. The maximum Gasteiger partial charge on any atom is 0.0474 e. The fourth-order valence-corrected chi connectivity index (χ4v) is 3.50. The molecule has 1 heterocycles. The lowest BCUT2D eigenvalue weighted by atomic mass is 9.98. The van der Waals surface area contributed by atoms with Gasteiger partial charge in [0.1, 0.15) is 0 Å². The average molecular weight is 308 g/mol. The van der Waals surface area contributed by atoms with Crippen molar-refractivity contribution in [2.75, 3.05) is 45.2 Å². The van der Waals surface area contributed by atoms with Gasteiger partial charge in [0.2, 0.25) is 0 Å². The highest BCUT2D eigenvalue weighted by Crippen LogP contribution is 2.42. The second-order valence-corrected chi connectivity index (χ2v) is 6.99. The molecule has 1 aromatic carbocycles. The second kappa shape index (κ2) is 6.55. The normalized spacial score (nSPS) is 21.3. The summed E-state index contributed by atoms with van der Waals surface area (Å²) in [6.07, 6.45) is 4.06. The number of halogens is 1. The van der Waals surface area contributed by atoms with Gasteiger partial charge in [-0.05, 0) is 30.0 Å². The maximum absolute atomic E-state index is 6.62. The van der Waals surface area contributed by atoms with Gasteiger partial charge in [0.05, 0.1) is 0 Å². The molecule has 0 radical (unpaired) electrons. The predicted octanol–water partition coefficient (Wildman–Crippen LogP) is 3.15. The molecule has 1 saturated heterocycles. The van der Waals surface area contributed by atoms with Gasteiger partial charge in [-0.15, -0.1) is 0 Å². The summed E-state index contributed by atoms with van der Waals surface area (Å²) < 4.78 is 0. The fourth-order valence-electron chi connectivity index (χ4n) is 3.20. The first-order valence-electron chi connectivity index (χ1n) is 8.06. The van der Waals surface area contributed by atoms with Crippen LogP contribution in [0.1, 0.15) is 30.9 Å². The van der Waals surface area contributed by atoms with E-state index in [4.69, 9.17) is 11.6 Å². The van der Waals surface area contributed by atoms with Crippen molar-refractivity contribution in [1.29, 1.82) is 0 Å². The van der Waals surface area contributed by atoms with E-state index in [1.807, 2.05) is 0 Å². The van der Waals surface area contributed by atoms with E-state index in [1.54, 1.807) is 0 Å². The minimum atomic E-state index is 0.489. The molecule has 1 aliphatic heterocycles. The van der Waals surface area contributed by atoms with Crippen LogP contribution in [0.3, 0.4) is 0 Å². The quantitative estimate of drug-likeness (QED) is 0.901. The smallest absolute Gasteiger partial charge is 0.0474 e. The molecule has 0 amide bonds. The van der Waals surface area contributed by atoms with Crippen molar-refractivity contribution in [3.63, 3.8) is 0 Å². The monoisotopic (exact) mass is 307 g/mol. The minimum absolute atomic E-state index is 0.489. The Morgan fingerprint density at radius 1 is 1.29 bits per heavy atom. The Bertz CT molecular complexity index is 479. The Hall–Kier alpha value is -0.770. The van der Waals surface area contributed by atoms with Crippen LogP contribution in [-0.2, 0) is 0 Å². The lowest BCUT2D eigenvalue weighted by Gasteiger charge is -2.36. The van der Waals surface area contributed by atoms with Gasteiger partial charge in [0.15, 0.2) is 0 Å². The first kappa shape index (κ1) is 15.1. The van der Waals surface area contributed by atoms with Crippen molar-refractivity contribution in [3.8, 4) is 0 Å². The summed E-state index contributed by atoms with van der Waals surface area (Å²) >= 11 is 6.62. The van der Waals surface area contributed by atoms with Gasteiger partial charge >= 0.3 is 0 Å². The van der Waals surface area contributed by atoms with Crippen LogP contribution in [0.2, 0.25) is 5.02 Å². The molecular weight excluding hydrogens is 282 g/mol. The molecule has 2 aliphatic rings. The molecule has 21 heavy (non-hydrogen) atoms. The largest absolute Gasteiger partial charge is 0.378 e. The molecule has 0 bridgehead atoms. The molecule has 116 valence electrons. The predicted molar refractivity (Wildman–Crippen MR) is 90.3 cm³/mol. The number of nitrogens with one attached hydrogen (secondary N) is 1. The molecule has 1 saturated carbocycles. The molecule has 3 rings (SSSR count).